The topological polar surface area (TPSA) is 201 Å². The van der Waals surface area contributed by atoms with Gasteiger partial charge in [-0.25, -0.2) is 13.9 Å². The Labute approximate surface area is 245 Å². The number of aliphatic hydroxyl groups is 1. The number of carbonyl (C=O) groups is 1. The smallest absolute Gasteiger partial charge is 0.459 e. The van der Waals surface area contributed by atoms with Crippen LogP contribution in [-0.4, -0.2) is 81.1 Å². The fraction of sp³-hybridized carbons (Fsp3) is 0.520. The number of benzene rings is 1. The Morgan fingerprint density at radius 3 is 2.81 bits per heavy atom. The van der Waals surface area contributed by atoms with Gasteiger partial charge in [-0.3, -0.25) is 13.9 Å². The standard InChI is InChI=1S/C25H32FN6O10P/c1-12(2)40-22(34)13(3)31-43(35,42-15-8-6-7-14-18(15)38-11-37-14)39-9-16-19(33)25(4,26)23(41-16)32-10-28-17-20(32)29-24(27)30-21(17)36-5/h6-8,10,12-13,16,19,23,33H,9,11H2,1-5H3,(H,31,35)(H2,27,29,30)/t13-,16+,19+,23+,25+,43?/m0/s1. The van der Waals surface area contributed by atoms with Gasteiger partial charge in [-0.15, -0.1) is 0 Å². The quantitative estimate of drug-likeness (QED) is 0.207. The van der Waals surface area contributed by atoms with Crippen LogP contribution >= 0.6 is 7.75 Å². The summed E-state index contributed by atoms with van der Waals surface area (Å²) in [5, 5.41) is 13.5. The normalized spacial score (nSPS) is 25.1. The number of methoxy groups -OCH3 is 1. The van der Waals surface area contributed by atoms with Gasteiger partial charge in [0.25, 0.3) is 0 Å². The van der Waals surface area contributed by atoms with Crippen LogP contribution in [0, 0.1) is 0 Å². The van der Waals surface area contributed by atoms with Crippen LogP contribution in [0.1, 0.15) is 33.9 Å². The van der Waals surface area contributed by atoms with E-state index in [1.165, 1.54) is 31.0 Å². The van der Waals surface area contributed by atoms with Gasteiger partial charge in [0.1, 0.15) is 18.2 Å². The first-order valence-corrected chi connectivity index (χ1v) is 14.7. The molecular formula is C25H32FN6O10P. The molecule has 5 rings (SSSR count). The number of hydrogen-bond acceptors (Lipinski definition) is 14. The Kier molecular flexibility index (Phi) is 8.37. The predicted molar refractivity (Wildman–Crippen MR) is 146 cm³/mol. The molecule has 1 unspecified atom stereocenters. The molecule has 6 atom stereocenters. The fourth-order valence-corrected chi connectivity index (χ4v) is 6.07. The summed E-state index contributed by atoms with van der Waals surface area (Å²) in [7, 11) is -3.09. The van der Waals surface area contributed by atoms with Crippen LogP contribution in [-0.2, 0) is 23.4 Å². The number of para-hydroxylation sites is 1. The highest BCUT2D eigenvalue weighted by Crippen LogP contribution is 2.52. The molecule has 1 saturated heterocycles. The van der Waals surface area contributed by atoms with Crippen LogP contribution in [0.5, 0.6) is 23.1 Å². The number of ether oxygens (including phenoxy) is 5. The number of nitrogen functional groups attached to an aromatic ring is 1. The zero-order valence-corrected chi connectivity index (χ0v) is 24.8. The molecule has 1 aromatic carbocycles. The van der Waals surface area contributed by atoms with E-state index < -0.39 is 56.6 Å². The first-order chi connectivity index (χ1) is 20.3. The number of nitrogens with one attached hydrogen (secondary N) is 1. The maximum Gasteiger partial charge on any atom is 0.459 e. The average Bonchev–Trinajstić information content (AvgIpc) is 3.64. The maximum atomic E-state index is 16.1. The van der Waals surface area contributed by atoms with Crippen molar-refractivity contribution in [3.8, 4) is 23.1 Å². The SMILES string of the molecule is COc1nc(N)nc2c1ncn2[C@@H]1O[C@H](COP(=O)(N[C@@H](C)C(=O)OC(C)C)Oc2cccc3c2OCO3)[C@@H](O)[C@@]1(C)F. The third-order valence-electron chi connectivity index (χ3n) is 6.61. The second-order valence-corrected chi connectivity index (χ2v) is 11.9. The van der Waals surface area contributed by atoms with Crippen molar-refractivity contribution in [1.82, 2.24) is 24.6 Å². The minimum absolute atomic E-state index is 0.00698. The Hall–Kier alpha value is -3.76. The van der Waals surface area contributed by atoms with Crippen LogP contribution in [0.4, 0.5) is 10.3 Å². The number of hydrogen-bond donors (Lipinski definition) is 3. The van der Waals surface area contributed by atoms with Gasteiger partial charge in [0.2, 0.25) is 24.4 Å². The van der Waals surface area contributed by atoms with Gasteiger partial charge in [-0.1, -0.05) is 6.07 Å². The van der Waals surface area contributed by atoms with Crippen molar-refractivity contribution in [2.45, 2.75) is 63.9 Å². The van der Waals surface area contributed by atoms with Gasteiger partial charge in [0.05, 0.1) is 26.1 Å². The molecule has 0 saturated carbocycles. The van der Waals surface area contributed by atoms with Gasteiger partial charge < -0.3 is 39.0 Å². The van der Waals surface area contributed by atoms with Crippen LogP contribution in [0.2, 0.25) is 0 Å². The number of imidazole rings is 1. The van der Waals surface area contributed by atoms with E-state index >= 15 is 4.39 Å². The third kappa shape index (κ3) is 6.03. The molecule has 0 aliphatic carbocycles. The van der Waals surface area contributed by atoms with E-state index in [1.807, 2.05) is 0 Å². The number of esters is 1. The molecular weight excluding hydrogens is 594 g/mol. The summed E-state index contributed by atoms with van der Waals surface area (Å²) in [5.74, 6) is -0.305. The van der Waals surface area contributed by atoms with Crippen LogP contribution < -0.4 is 29.6 Å². The van der Waals surface area contributed by atoms with Gasteiger partial charge in [-0.05, 0) is 39.8 Å². The molecule has 43 heavy (non-hydrogen) atoms. The Morgan fingerprint density at radius 1 is 1.33 bits per heavy atom. The lowest BCUT2D eigenvalue weighted by Crippen LogP contribution is -2.41. The first kappa shape index (κ1) is 30.7. The highest BCUT2D eigenvalue weighted by atomic mass is 31.2. The molecule has 0 radical (unpaired) electrons. The molecule has 2 aliphatic rings. The van der Waals surface area contributed by atoms with Crippen LogP contribution in [0.25, 0.3) is 11.2 Å². The van der Waals surface area contributed by atoms with Gasteiger partial charge in [0, 0.05) is 0 Å². The monoisotopic (exact) mass is 626 g/mol. The number of anilines is 1. The molecule has 18 heteroatoms. The molecule has 0 spiro atoms. The zero-order valence-electron chi connectivity index (χ0n) is 23.9. The summed E-state index contributed by atoms with van der Waals surface area (Å²) >= 11 is 0. The molecule has 234 valence electrons. The fourth-order valence-electron chi connectivity index (χ4n) is 4.56. The minimum atomic E-state index is -4.46. The van der Waals surface area contributed by atoms with Crippen molar-refractivity contribution in [3.63, 3.8) is 0 Å². The zero-order chi connectivity index (χ0) is 31.1. The molecule has 4 heterocycles. The Balaban J connectivity index is 1.39. The molecule has 2 aromatic heterocycles. The van der Waals surface area contributed by atoms with E-state index in [0.717, 1.165) is 6.92 Å². The number of aromatic nitrogens is 4. The van der Waals surface area contributed by atoms with E-state index in [9.17, 15) is 14.5 Å². The van der Waals surface area contributed by atoms with Gasteiger partial charge in [0.15, 0.2) is 34.6 Å². The number of aliphatic hydroxyl groups excluding tert-OH is 1. The maximum absolute atomic E-state index is 16.1. The summed E-state index contributed by atoms with van der Waals surface area (Å²) in [6, 6.07) is 3.50. The Morgan fingerprint density at radius 2 is 2.09 bits per heavy atom. The summed E-state index contributed by atoms with van der Waals surface area (Å²) in [6.07, 6.45) is -3.80. The number of alkyl halides is 1. The lowest BCUT2D eigenvalue weighted by atomic mass is 9.98. The van der Waals surface area contributed by atoms with E-state index in [0.29, 0.717) is 5.75 Å². The molecule has 0 amide bonds. The third-order valence-corrected chi connectivity index (χ3v) is 8.24. The largest absolute Gasteiger partial charge is 0.479 e. The van der Waals surface area contributed by atoms with Crippen molar-refractivity contribution in [2.75, 3.05) is 26.2 Å². The molecule has 0 bridgehead atoms. The second kappa shape index (κ2) is 11.7. The number of carbonyl (C=O) groups excluding carboxylic acids is 1. The predicted octanol–water partition coefficient (Wildman–Crippen LogP) is 2.27. The van der Waals surface area contributed by atoms with Crippen molar-refractivity contribution in [1.29, 1.82) is 0 Å². The van der Waals surface area contributed by atoms with Crippen LogP contribution in [0.3, 0.4) is 0 Å². The lowest BCUT2D eigenvalue weighted by molar-refractivity contribution is -0.149. The number of halogens is 1. The highest BCUT2D eigenvalue weighted by molar-refractivity contribution is 7.52. The van der Waals surface area contributed by atoms with Crippen molar-refractivity contribution in [2.24, 2.45) is 0 Å². The Bertz CT molecular complexity index is 1550. The average molecular weight is 627 g/mol. The van der Waals surface area contributed by atoms with Crippen LogP contribution in [0.15, 0.2) is 24.5 Å². The summed E-state index contributed by atoms with van der Waals surface area (Å²) in [6.45, 7) is 5.12. The first-order valence-electron chi connectivity index (χ1n) is 13.2. The number of nitrogens with two attached hydrogens (primary N) is 1. The molecule has 4 N–H and O–H groups in total. The number of rotatable bonds is 11. The molecule has 2 aliphatic heterocycles. The summed E-state index contributed by atoms with van der Waals surface area (Å²) in [4.78, 5) is 24.8. The van der Waals surface area contributed by atoms with Gasteiger partial charge >= 0.3 is 13.7 Å². The van der Waals surface area contributed by atoms with Crippen molar-refractivity contribution in [3.05, 3.63) is 24.5 Å². The molecule has 3 aromatic rings. The summed E-state index contributed by atoms with van der Waals surface area (Å²) < 4.78 is 69.7. The highest BCUT2D eigenvalue weighted by Gasteiger charge is 2.56. The lowest BCUT2D eigenvalue weighted by Gasteiger charge is -2.25. The number of nitrogens with zero attached hydrogens (tertiary/aromatic N) is 4. The molecule has 16 nitrogen and oxygen atoms in total. The van der Waals surface area contributed by atoms with Gasteiger partial charge in [-0.2, -0.15) is 15.1 Å². The van der Waals surface area contributed by atoms with Crippen molar-refractivity contribution < 1.29 is 51.6 Å². The van der Waals surface area contributed by atoms with E-state index in [2.05, 4.69) is 20.0 Å². The second-order valence-electron chi connectivity index (χ2n) is 10.2. The van der Waals surface area contributed by atoms with E-state index in [4.69, 9.17) is 38.5 Å². The van der Waals surface area contributed by atoms with E-state index in [1.54, 1.807) is 26.0 Å². The summed E-state index contributed by atoms with van der Waals surface area (Å²) in [5.41, 5.74) is 3.66. The minimum Gasteiger partial charge on any atom is -0.479 e. The van der Waals surface area contributed by atoms with E-state index in [-0.39, 0.29) is 41.3 Å². The number of fused-ring (bicyclic) bond motifs is 2. The molecule has 1 fully saturated rings. The van der Waals surface area contributed by atoms with Crippen molar-refractivity contribution >= 4 is 30.8 Å².